The first-order chi connectivity index (χ1) is 14.9. The Morgan fingerprint density at radius 3 is 2.26 bits per heavy atom. The van der Waals surface area contributed by atoms with Gasteiger partial charge in [0.1, 0.15) is 0 Å². The van der Waals surface area contributed by atoms with Crippen molar-refractivity contribution >= 4 is 23.1 Å². The Bertz CT molecular complexity index is 992. The van der Waals surface area contributed by atoms with Crippen molar-refractivity contribution in [3.63, 3.8) is 0 Å². The molecule has 0 saturated heterocycles. The average molecular weight is 440 g/mol. The molecule has 0 bridgehead atoms. The van der Waals surface area contributed by atoms with Crippen molar-refractivity contribution in [2.24, 2.45) is 0 Å². The average Bonchev–Trinajstić information content (AvgIpc) is 3.30. The summed E-state index contributed by atoms with van der Waals surface area (Å²) in [5, 5.41) is 0. The molecule has 0 amide bonds. The molecule has 31 heavy (non-hydrogen) atoms. The molecular weight excluding hydrogens is 406 g/mol. The molecule has 0 atom stereocenters. The third kappa shape index (κ3) is 7.44. The molecule has 3 rings (SSSR count). The predicted octanol–water partition coefficient (Wildman–Crippen LogP) is 7.08. The molecule has 0 spiro atoms. The summed E-state index contributed by atoms with van der Waals surface area (Å²) in [5.41, 5.74) is 5.23. The van der Waals surface area contributed by atoms with E-state index < -0.39 is 0 Å². The van der Waals surface area contributed by atoms with Gasteiger partial charge in [0, 0.05) is 23.7 Å². The van der Waals surface area contributed by atoms with Crippen LogP contribution in [0, 0.1) is 13.8 Å². The standard InChI is InChI=1S/C16H16O3S.C8H11N.C2H6/c1-4-13(17)15-8-7-14(20-15)12-9-11(16(18)19-3)6-5-10(12)2;1-3-8-4-5-9-6-7(8)2;1-2/h5-9H,4H2,1-3H3;4-6H,3H2,1-2H3;1-2H3. The molecule has 0 radical (unpaired) electrons. The minimum atomic E-state index is -0.354. The molecule has 0 aliphatic heterocycles. The largest absolute Gasteiger partial charge is 0.465 e. The zero-order valence-electron chi connectivity index (χ0n) is 19.6. The topological polar surface area (TPSA) is 56.3 Å². The number of pyridine rings is 1. The normalized spacial score (nSPS) is 9.65. The van der Waals surface area contributed by atoms with Gasteiger partial charge in [0.15, 0.2) is 5.78 Å². The van der Waals surface area contributed by atoms with Gasteiger partial charge < -0.3 is 4.74 Å². The fraction of sp³-hybridized carbons (Fsp3) is 0.346. The lowest BCUT2D eigenvalue weighted by molar-refractivity contribution is 0.0600. The highest BCUT2D eigenvalue weighted by atomic mass is 32.1. The Morgan fingerprint density at radius 2 is 1.71 bits per heavy atom. The zero-order chi connectivity index (χ0) is 23.4. The number of carbonyl (C=O) groups excluding carboxylic acids is 2. The molecule has 0 saturated carbocycles. The monoisotopic (exact) mass is 439 g/mol. The first-order valence-electron chi connectivity index (χ1n) is 10.6. The Hall–Kier alpha value is -2.79. The van der Waals surface area contributed by atoms with Crippen molar-refractivity contribution in [2.75, 3.05) is 7.11 Å². The molecule has 4 nitrogen and oxygen atoms in total. The van der Waals surface area contributed by atoms with Gasteiger partial charge in [0.25, 0.3) is 0 Å². The van der Waals surface area contributed by atoms with E-state index in [4.69, 9.17) is 4.74 Å². The Balaban J connectivity index is 0.000000365. The molecule has 3 aromatic rings. The van der Waals surface area contributed by atoms with Crippen molar-refractivity contribution in [1.29, 1.82) is 0 Å². The molecule has 0 aliphatic carbocycles. The molecule has 1 aromatic carbocycles. The summed E-state index contributed by atoms with van der Waals surface area (Å²) in [6.45, 7) is 12.1. The first-order valence-corrected chi connectivity index (χ1v) is 11.4. The van der Waals surface area contributed by atoms with Gasteiger partial charge in [-0.3, -0.25) is 9.78 Å². The SMILES string of the molecule is CC.CCC(=O)c1ccc(-c2cc(C(=O)OC)ccc2C)s1.CCc1ccncc1C. The summed E-state index contributed by atoms with van der Waals surface area (Å²) in [7, 11) is 1.37. The highest BCUT2D eigenvalue weighted by Crippen LogP contribution is 2.32. The molecule has 0 N–H and O–H groups in total. The van der Waals surface area contributed by atoms with E-state index >= 15 is 0 Å². The number of aryl methyl sites for hydroxylation is 3. The summed E-state index contributed by atoms with van der Waals surface area (Å²) in [5.74, 6) is -0.212. The number of nitrogens with zero attached hydrogens (tertiary/aromatic N) is 1. The molecule has 0 aliphatic rings. The maximum absolute atomic E-state index is 11.7. The third-order valence-corrected chi connectivity index (χ3v) is 5.80. The summed E-state index contributed by atoms with van der Waals surface area (Å²) < 4.78 is 4.74. The molecule has 5 heteroatoms. The van der Waals surface area contributed by atoms with Crippen LogP contribution < -0.4 is 0 Å². The first kappa shape index (κ1) is 26.2. The van der Waals surface area contributed by atoms with Crippen LogP contribution in [0.2, 0.25) is 0 Å². The number of ketones is 1. The van der Waals surface area contributed by atoms with Gasteiger partial charge in [0.05, 0.1) is 17.6 Å². The number of methoxy groups -OCH3 is 1. The highest BCUT2D eigenvalue weighted by molar-refractivity contribution is 7.17. The number of thiophene rings is 1. The molecule has 166 valence electrons. The Kier molecular flexibility index (Phi) is 11.4. The molecular formula is C26H33NO3S. The van der Waals surface area contributed by atoms with Gasteiger partial charge in [-0.1, -0.05) is 33.8 Å². The van der Waals surface area contributed by atoms with Gasteiger partial charge in [-0.05, 0) is 72.9 Å². The zero-order valence-corrected chi connectivity index (χ0v) is 20.4. The van der Waals surface area contributed by atoms with Crippen LogP contribution in [-0.2, 0) is 11.2 Å². The fourth-order valence-corrected chi connectivity index (χ4v) is 3.94. The number of aromatic nitrogens is 1. The van der Waals surface area contributed by atoms with Crippen LogP contribution >= 0.6 is 11.3 Å². The Morgan fingerprint density at radius 1 is 1.00 bits per heavy atom. The smallest absolute Gasteiger partial charge is 0.337 e. The quantitative estimate of drug-likeness (QED) is 0.315. The second kappa shape index (κ2) is 13.5. The van der Waals surface area contributed by atoms with Crippen LogP contribution in [0.15, 0.2) is 48.8 Å². The molecule has 2 aromatic heterocycles. The number of carbonyl (C=O) groups is 2. The van der Waals surface area contributed by atoms with E-state index in [0.717, 1.165) is 27.3 Å². The van der Waals surface area contributed by atoms with Crippen molar-refractivity contribution in [3.8, 4) is 10.4 Å². The minimum Gasteiger partial charge on any atom is -0.465 e. The molecule has 0 unspecified atom stereocenters. The van der Waals surface area contributed by atoms with Gasteiger partial charge in [-0.2, -0.15) is 0 Å². The maximum Gasteiger partial charge on any atom is 0.337 e. The van der Waals surface area contributed by atoms with Gasteiger partial charge >= 0.3 is 5.97 Å². The maximum atomic E-state index is 11.7. The number of ether oxygens (including phenoxy) is 1. The van der Waals surface area contributed by atoms with Gasteiger partial charge in [-0.15, -0.1) is 11.3 Å². The lowest BCUT2D eigenvalue weighted by Gasteiger charge is -2.06. The second-order valence-electron chi connectivity index (χ2n) is 6.62. The molecule has 2 heterocycles. The van der Waals surface area contributed by atoms with E-state index in [1.54, 1.807) is 6.07 Å². The second-order valence-corrected chi connectivity index (χ2v) is 7.70. The van der Waals surface area contributed by atoms with Crippen LogP contribution in [0.4, 0.5) is 0 Å². The van der Waals surface area contributed by atoms with Gasteiger partial charge in [0.2, 0.25) is 0 Å². The lowest BCUT2D eigenvalue weighted by atomic mass is 10.0. The van der Waals surface area contributed by atoms with Crippen molar-refractivity contribution < 1.29 is 14.3 Å². The van der Waals surface area contributed by atoms with Crippen LogP contribution in [0.3, 0.4) is 0 Å². The number of benzene rings is 1. The van der Waals surface area contributed by atoms with Crippen molar-refractivity contribution in [1.82, 2.24) is 4.98 Å². The van der Waals surface area contributed by atoms with Crippen LogP contribution in [0.1, 0.15) is 70.8 Å². The number of Topliss-reactive ketones (excluding diaryl/α,β-unsaturated/α-hetero) is 1. The van der Waals surface area contributed by atoms with E-state index in [1.165, 1.54) is 29.6 Å². The predicted molar refractivity (Wildman–Crippen MR) is 130 cm³/mol. The summed E-state index contributed by atoms with van der Waals surface area (Å²) in [6.07, 6.45) is 5.35. The van der Waals surface area contributed by atoms with Crippen LogP contribution in [0.25, 0.3) is 10.4 Å². The van der Waals surface area contributed by atoms with E-state index in [2.05, 4.69) is 24.9 Å². The van der Waals surface area contributed by atoms with Crippen LogP contribution in [0.5, 0.6) is 0 Å². The summed E-state index contributed by atoms with van der Waals surface area (Å²) in [4.78, 5) is 29.0. The summed E-state index contributed by atoms with van der Waals surface area (Å²) >= 11 is 1.46. The number of esters is 1. The van der Waals surface area contributed by atoms with Crippen molar-refractivity contribution in [3.05, 3.63) is 75.9 Å². The van der Waals surface area contributed by atoms with Crippen LogP contribution in [-0.4, -0.2) is 23.8 Å². The fourth-order valence-electron chi connectivity index (χ4n) is 2.84. The third-order valence-electron chi connectivity index (χ3n) is 4.64. The number of hydrogen-bond acceptors (Lipinski definition) is 5. The van der Waals surface area contributed by atoms with E-state index in [-0.39, 0.29) is 11.8 Å². The van der Waals surface area contributed by atoms with Crippen molar-refractivity contribution in [2.45, 2.75) is 54.4 Å². The summed E-state index contributed by atoms with van der Waals surface area (Å²) in [6, 6.07) is 11.3. The minimum absolute atomic E-state index is 0.142. The Labute approximate surface area is 190 Å². The number of hydrogen-bond donors (Lipinski definition) is 0. The lowest BCUT2D eigenvalue weighted by Crippen LogP contribution is -2.01. The van der Waals surface area contributed by atoms with E-state index in [1.807, 2.05) is 64.4 Å². The molecule has 0 fully saturated rings. The van der Waals surface area contributed by atoms with E-state index in [0.29, 0.717) is 12.0 Å². The van der Waals surface area contributed by atoms with Gasteiger partial charge in [-0.25, -0.2) is 4.79 Å². The highest BCUT2D eigenvalue weighted by Gasteiger charge is 2.13. The number of rotatable bonds is 5. The van der Waals surface area contributed by atoms with E-state index in [9.17, 15) is 9.59 Å².